The van der Waals surface area contributed by atoms with Crippen LogP contribution in [0.4, 0.5) is 4.79 Å². The zero-order valence-electron chi connectivity index (χ0n) is 12.1. The quantitative estimate of drug-likeness (QED) is 0.520. The number of likely N-dealkylation sites (N-methyl/N-ethyl adjacent to an activating group) is 1. The third-order valence-electron chi connectivity index (χ3n) is 2.75. The largest absolute Gasteiger partial charge is 0.464 e. The summed E-state index contributed by atoms with van der Waals surface area (Å²) >= 11 is 0. The van der Waals surface area contributed by atoms with E-state index in [-0.39, 0.29) is 11.9 Å². The van der Waals surface area contributed by atoms with Crippen LogP contribution >= 0.6 is 0 Å². The molecular weight excluding hydrogens is 234 g/mol. The summed E-state index contributed by atoms with van der Waals surface area (Å²) in [5.74, 6) is -0.387. The number of amides is 1. The Morgan fingerprint density at radius 2 is 1.83 bits per heavy atom. The van der Waals surface area contributed by atoms with Crippen LogP contribution < -0.4 is 0 Å². The molecule has 0 aromatic rings. The number of rotatable bonds is 7. The highest BCUT2D eigenvalue weighted by atomic mass is 16.6. The summed E-state index contributed by atoms with van der Waals surface area (Å²) in [6, 6.07) is -0.598. The van der Waals surface area contributed by atoms with Gasteiger partial charge in [-0.05, 0) is 12.3 Å². The summed E-state index contributed by atoms with van der Waals surface area (Å²) in [7, 11) is 2.84. The van der Waals surface area contributed by atoms with Crippen molar-refractivity contribution in [2.45, 2.75) is 46.1 Å². The van der Waals surface area contributed by atoms with Gasteiger partial charge in [0.05, 0.1) is 13.7 Å². The van der Waals surface area contributed by atoms with Gasteiger partial charge in [0.15, 0.2) is 0 Å². The molecular formula is C13H25NO4. The van der Waals surface area contributed by atoms with Crippen molar-refractivity contribution >= 4 is 12.1 Å². The monoisotopic (exact) mass is 259 g/mol. The molecule has 5 nitrogen and oxygen atoms in total. The predicted molar refractivity (Wildman–Crippen MR) is 69.3 cm³/mol. The molecule has 0 spiro atoms. The Hall–Kier alpha value is -1.26. The molecule has 0 aliphatic carbocycles. The fourth-order valence-corrected chi connectivity index (χ4v) is 1.75. The molecule has 0 fully saturated rings. The molecule has 0 heterocycles. The first-order valence-corrected chi connectivity index (χ1v) is 6.43. The summed E-state index contributed by atoms with van der Waals surface area (Å²) in [6.07, 6.45) is 2.44. The molecule has 0 N–H and O–H groups in total. The lowest BCUT2D eigenvalue weighted by Crippen LogP contribution is -2.46. The number of methoxy groups -OCH3 is 1. The molecule has 18 heavy (non-hydrogen) atoms. The van der Waals surface area contributed by atoms with E-state index in [4.69, 9.17) is 4.74 Å². The molecule has 0 aliphatic rings. The average molecular weight is 259 g/mol. The van der Waals surface area contributed by atoms with E-state index in [9.17, 15) is 9.59 Å². The maximum atomic E-state index is 11.9. The van der Waals surface area contributed by atoms with Crippen molar-refractivity contribution in [2.24, 2.45) is 5.92 Å². The van der Waals surface area contributed by atoms with Crippen molar-refractivity contribution in [2.75, 3.05) is 20.8 Å². The van der Waals surface area contributed by atoms with Crippen LogP contribution in [0.5, 0.6) is 0 Å². The number of nitrogens with zero attached hydrogens (tertiary/aromatic N) is 1. The van der Waals surface area contributed by atoms with Crippen molar-refractivity contribution in [1.29, 1.82) is 0 Å². The molecule has 1 atom stereocenters. The number of unbranched alkanes of at least 4 members (excludes halogenated alkanes) is 2. The van der Waals surface area contributed by atoms with Gasteiger partial charge in [0, 0.05) is 7.05 Å². The summed E-state index contributed by atoms with van der Waals surface area (Å²) < 4.78 is 9.81. The molecule has 0 saturated carbocycles. The van der Waals surface area contributed by atoms with E-state index in [0.717, 1.165) is 19.3 Å². The van der Waals surface area contributed by atoms with Crippen molar-refractivity contribution in [3.63, 3.8) is 0 Å². The van der Waals surface area contributed by atoms with Gasteiger partial charge in [-0.1, -0.05) is 33.6 Å². The summed E-state index contributed by atoms with van der Waals surface area (Å²) in [5, 5.41) is 0. The van der Waals surface area contributed by atoms with Crippen LogP contribution in [0.2, 0.25) is 0 Å². The van der Waals surface area contributed by atoms with Crippen LogP contribution in [0.3, 0.4) is 0 Å². The van der Waals surface area contributed by atoms with Crippen LogP contribution in [0.1, 0.15) is 40.0 Å². The number of ether oxygens (including phenoxy) is 2. The molecule has 0 aromatic carbocycles. The minimum atomic E-state index is -0.598. The minimum Gasteiger partial charge on any atom is -0.464 e. The summed E-state index contributed by atoms with van der Waals surface area (Å²) in [6.45, 7) is 6.24. The van der Waals surface area contributed by atoms with Crippen molar-refractivity contribution < 1.29 is 19.1 Å². The Bertz CT molecular complexity index is 266. The number of carbonyl (C=O) groups is 2. The zero-order chi connectivity index (χ0) is 14.1. The average Bonchev–Trinajstić information content (AvgIpc) is 2.33. The zero-order valence-corrected chi connectivity index (χ0v) is 12.1. The third kappa shape index (κ3) is 5.38. The number of hydrogen-bond acceptors (Lipinski definition) is 4. The molecule has 0 bridgehead atoms. The highest BCUT2D eigenvalue weighted by Crippen LogP contribution is 2.12. The molecule has 1 amide bonds. The first kappa shape index (κ1) is 16.7. The van der Waals surface area contributed by atoms with E-state index in [1.54, 1.807) is 7.05 Å². The third-order valence-corrected chi connectivity index (χ3v) is 2.75. The van der Waals surface area contributed by atoms with Gasteiger partial charge < -0.3 is 9.47 Å². The first-order chi connectivity index (χ1) is 8.45. The number of carbonyl (C=O) groups excluding carboxylic acids is 2. The molecule has 0 aromatic heterocycles. The Kier molecular flexibility index (Phi) is 8.16. The number of esters is 1. The second-order valence-corrected chi connectivity index (χ2v) is 4.64. The molecule has 106 valence electrons. The van der Waals surface area contributed by atoms with Gasteiger partial charge in [-0.3, -0.25) is 4.90 Å². The van der Waals surface area contributed by atoms with Gasteiger partial charge in [-0.25, -0.2) is 9.59 Å². The topological polar surface area (TPSA) is 55.8 Å². The number of hydrogen-bond donors (Lipinski definition) is 0. The molecule has 5 heteroatoms. The fraction of sp³-hybridized carbons (Fsp3) is 0.846. The van der Waals surface area contributed by atoms with Crippen molar-refractivity contribution in [1.82, 2.24) is 4.90 Å². The predicted octanol–water partition coefficient (Wildman–Crippen LogP) is 2.44. The molecule has 1 unspecified atom stereocenters. The smallest absolute Gasteiger partial charge is 0.409 e. The maximum Gasteiger partial charge on any atom is 0.409 e. The Labute approximate surface area is 109 Å². The van der Waals surface area contributed by atoms with Gasteiger partial charge in [-0.2, -0.15) is 0 Å². The van der Waals surface area contributed by atoms with E-state index in [1.165, 1.54) is 12.0 Å². The lowest BCUT2D eigenvalue weighted by molar-refractivity contribution is -0.150. The van der Waals surface area contributed by atoms with Gasteiger partial charge in [0.2, 0.25) is 0 Å². The Morgan fingerprint density at radius 3 is 2.28 bits per heavy atom. The van der Waals surface area contributed by atoms with Crippen LogP contribution in [0.25, 0.3) is 0 Å². The Balaban J connectivity index is 4.41. The van der Waals surface area contributed by atoms with Crippen LogP contribution in [0, 0.1) is 5.92 Å². The highest BCUT2D eigenvalue weighted by Gasteiger charge is 2.31. The van der Waals surface area contributed by atoms with E-state index >= 15 is 0 Å². The lowest BCUT2D eigenvalue weighted by atomic mass is 10.0. The second-order valence-electron chi connectivity index (χ2n) is 4.64. The van der Waals surface area contributed by atoms with Gasteiger partial charge >= 0.3 is 12.1 Å². The summed E-state index contributed by atoms with van der Waals surface area (Å²) in [4.78, 5) is 24.7. The van der Waals surface area contributed by atoms with Crippen molar-refractivity contribution in [3.8, 4) is 0 Å². The highest BCUT2D eigenvalue weighted by molar-refractivity contribution is 5.81. The van der Waals surface area contributed by atoms with Gasteiger partial charge in [0.1, 0.15) is 6.04 Å². The second kappa shape index (κ2) is 8.78. The van der Waals surface area contributed by atoms with Gasteiger partial charge in [-0.15, -0.1) is 0 Å². The van der Waals surface area contributed by atoms with Crippen LogP contribution in [-0.4, -0.2) is 43.8 Å². The lowest BCUT2D eigenvalue weighted by Gasteiger charge is -2.28. The minimum absolute atomic E-state index is 0.0206. The SMILES string of the molecule is CCCCCOC(=O)C(C(C)C)N(C)C(=O)OC. The first-order valence-electron chi connectivity index (χ1n) is 6.43. The van der Waals surface area contributed by atoms with Gasteiger partial charge in [0.25, 0.3) is 0 Å². The van der Waals surface area contributed by atoms with E-state index < -0.39 is 12.1 Å². The molecule has 0 rings (SSSR count). The van der Waals surface area contributed by atoms with E-state index in [1.807, 2.05) is 13.8 Å². The summed E-state index contributed by atoms with van der Waals surface area (Å²) in [5.41, 5.74) is 0. The molecule has 0 saturated heterocycles. The van der Waals surface area contributed by atoms with Crippen LogP contribution in [0.15, 0.2) is 0 Å². The molecule has 0 radical (unpaired) electrons. The maximum absolute atomic E-state index is 11.9. The van der Waals surface area contributed by atoms with Crippen LogP contribution in [-0.2, 0) is 14.3 Å². The fourth-order valence-electron chi connectivity index (χ4n) is 1.75. The normalized spacial score (nSPS) is 12.1. The Morgan fingerprint density at radius 1 is 1.22 bits per heavy atom. The van der Waals surface area contributed by atoms with Crippen molar-refractivity contribution in [3.05, 3.63) is 0 Å². The van der Waals surface area contributed by atoms with E-state index in [2.05, 4.69) is 11.7 Å². The van der Waals surface area contributed by atoms with E-state index in [0.29, 0.717) is 6.61 Å². The standard InChI is InChI=1S/C13H25NO4/c1-6-7-8-9-18-12(15)11(10(2)3)14(4)13(16)17-5/h10-11H,6-9H2,1-5H3. The molecule has 0 aliphatic heterocycles.